The number of anilines is 2. The van der Waals surface area contributed by atoms with Crippen LogP contribution >= 0.6 is 12.2 Å². The molecule has 0 bridgehead atoms. The van der Waals surface area contributed by atoms with Crippen molar-refractivity contribution >= 4 is 40.3 Å². The molecule has 0 saturated heterocycles. The predicted molar refractivity (Wildman–Crippen MR) is 134 cm³/mol. The molecule has 0 saturated carbocycles. The van der Waals surface area contributed by atoms with Crippen LogP contribution in [0.4, 0.5) is 11.8 Å². The molecule has 11 heteroatoms. The van der Waals surface area contributed by atoms with Gasteiger partial charge in [-0.1, -0.05) is 6.92 Å². The highest BCUT2D eigenvalue weighted by molar-refractivity contribution is 7.80. The number of hydrogen-bond acceptors (Lipinski definition) is 8. The lowest BCUT2D eigenvalue weighted by atomic mass is 10.0. The Bertz CT molecular complexity index is 1040. The number of allylic oxidation sites excluding steroid dienone is 1. The van der Waals surface area contributed by atoms with Crippen molar-refractivity contribution in [1.82, 2.24) is 19.9 Å². The maximum atomic E-state index is 5.89. The third-order valence-corrected chi connectivity index (χ3v) is 5.63. The minimum atomic E-state index is -0.323. The van der Waals surface area contributed by atoms with Crippen molar-refractivity contribution in [2.45, 2.75) is 45.1 Å². The van der Waals surface area contributed by atoms with E-state index in [1.807, 2.05) is 28.9 Å². The number of ether oxygens (including phenoxy) is 3. The van der Waals surface area contributed by atoms with Gasteiger partial charge in [-0.2, -0.15) is 0 Å². The second kappa shape index (κ2) is 11.4. The molecule has 5 N–H and O–H groups in total. The maximum absolute atomic E-state index is 5.89. The summed E-state index contributed by atoms with van der Waals surface area (Å²) in [6, 6.07) is 4.03. The Morgan fingerprint density at radius 2 is 2.03 bits per heavy atom. The van der Waals surface area contributed by atoms with E-state index >= 15 is 0 Å². The van der Waals surface area contributed by atoms with Crippen LogP contribution in [0.5, 0.6) is 0 Å². The van der Waals surface area contributed by atoms with Gasteiger partial charge in [0.25, 0.3) is 0 Å². The largest absolute Gasteiger partial charge is 0.498 e. The van der Waals surface area contributed by atoms with E-state index in [0.717, 1.165) is 17.6 Å². The molecule has 3 unspecified atom stereocenters. The summed E-state index contributed by atoms with van der Waals surface area (Å²) in [5.74, 6) is 1.90. The summed E-state index contributed by atoms with van der Waals surface area (Å²) in [5.41, 5.74) is 8.10. The van der Waals surface area contributed by atoms with Gasteiger partial charge in [0, 0.05) is 45.1 Å². The van der Waals surface area contributed by atoms with Crippen LogP contribution < -0.4 is 21.7 Å². The number of nitrogens with one attached hydrogen (secondary N) is 3. The highest BCUT2D eigenvalue weighted by Crippen LogP contribution is 2.26. The number of aromatic nitrogens is 3. The molecule has 10 nitrogen and oxygen atoms in total. The lowest BCUT2D eigenvalue weighted by Gasteiger charge is -2.28. The standard InChI is InChI=1S/C22H33N7O3S/c1-6-13(2)24-22(33)28-18-8-7-15-20(27-18)29(10-9-23)21(26-15)25-14-11-16(30-3)19(32-5)17(12-14)31-4/h7-8,11-13,16,19H,6,9-10,23H2,1-5H3,(H,25,26)(H2,24,27,28,33). The lowest BCUT2D eigenvalue weighted by Crippen LogP contribution is -2.35. The molecule has 0 radical (unpaired) electrons. The zero-order valence-corrected chi connectivity index (χ0v) is 20.5. The molecule has 2 aromatic heterocycles. The lowest BCUT2D eigenvalue weighted by molar-refractivity contribution is -0.0189. The van der Waals surface area contributed by atoms with Crippen LogP contribution in [0.3, 0.4) is 0 Å². The van der Waals surface area contributed by atoms with E-state index in [4.69, 9.17) is 42.1 Å². The van der Waals surface area contributed by atoms with E-state index in [0.29, 0.717) is 41.4 Å². The predicted octanol–water partition coefficient (Wildman–Crippen LogP) is 2.34. The Kier molecular flexibility index (Phi) is 8.61. The molecule has 180 valence electrons. The van der Waals surface area contributed by atoms with Crippen LogP contribution in [0, 0.1) is 0 Å². The number of pyridine rings is 1. The summed E-state index contributed by atoms with van der Waals surface area (Å²) in [6.07, 6.45) is 4.14. The highest BCUT2D eigenvalue weighted by Gasteiger charge is 2.29. The van der Waals surface area contributed by atoms with Crippen LogP contribution in [0.2, 0.25) is 0 Å². The van der Waals surface area contributed by atoms with Crippen molar-refractivity contribution in [2.24, 2.45) is 5.73 Å². The van der Waals surface area contributed by atoms with Gasteiger partial charge >= 0.3 is 0 Å². The smallest absolute Gasteiger partial charge is 0.209 e. The van der Waals surface area contributed by atoms with Gasteiger partial charge in [-0.3, -0.25) is 4.57 Å². The van der Waals surface area contributed by atoms with Gasteiger partial charge in [0.2, 0.25) is 5.95 Å². The Morgan fingerprint density at radius 3 is 2.67 bits per heavy atom. The zero-order valence-electron chi connectivity index (χ0n) is 19.7. The van der Waals surface area contributed by atoms with E-state index in [9.17, 15) is 0 Å². The van der Waals surface area contributed by atoms with Crippen LogP contribution in [0.1, 0.15) is 20.3 Å². The summed E-state index contributed by atoms with van der Waals surface area (Å²) in [6.45, 7) is 5.14. The zero-order chi connectivity index (χ0) is 24.0. The van der Waals surface area contributed by atoms with E-state index in [2.05, 4.69) is 29.8 Å². The molecule has 2 heterocycles. The summed E-state index contributed by atoms with van der Waals surface area (Å²) in [5, 5.41) is 10.3. The van der Waals surface area contributed by atoms with Gasteiger partial charge in [0.15, 0.2) is 10.8 Å². The van der Waals surface area contributed by atoms with Crippen LogP contribution in [-0.4, -0.2) is 65.8 Å². The van der Waals surface area contributed by atoms with Crippen LogP contribution in [0.15, 0.2) is 35.7 Å². The average Bonchev–Trinajstić information content (AvgIpc) is 3.14. The number of rotatable bonds is 10. The number of methoxy groups -OCH3 is 3. The van der Waals surface area contributed by atoms with Gasteiger partial charge in [-0.25, -0.2) is 9.97 Å². The molecule has 1 aliphatic carbocycles. The first-order chi connectivity index (χ1) is 15.9. The molecule has 1 aliphatic rings. The van der Waals surface area contributed by atoms with Gasteiger partial charge in [-0.15, -0.1) is 0 Å². The van der Waals surface area contributed by atoms with Gasteiger partial charge in [0.05, 0.1) is 7.11 Å². The maximum Gasteiger partial charge on any atom is 0.209 e. The normalized spacial score (nSPS) is 19.0. The molecule has 0 fully saturated rings. The van der Waals surface area contributed by atoms with Crippen LogP contribution in [-0.2, 0) is 20.8 Å². The first-order valence-electron chi connectivity index (χ1n) is 10.9. The number of imidazole rings is 1. The first kappa shape index (κ1) is 24.9. The Balaban J connectivity index is 1.90. The number of fused-ring (bicyclic) bond motifs is 1. The van der Waals surface area contributed by atoms with E-state index < -0.39 is 0 Å². The summed E-state index contributed by atoms with van der Waals surface area (Å²) >= 11 is 5.40. The molecular weight excluding hydrogens is 442 g/mol. The van der Waals surface area contributed by atoms with Gasteiger partial charge in [-0.05, 0) is 43.8 Å². The second-order valence-corrected chi connectivity index (χ2v) is 8.09. The second-order valence-electron chi connectivity index (χ2n) is 7.68. The minimum absolute atomic E-state index is 0.273. The SMILES string of the molecule is CCC(C)NC(=S)Nc1ccc2nc(NC3=CC(OC)C(OC)C(OC)=C3)n(CCN)c2n1. The van der Waals surface area contributed by atoms with Crippen molar-refractivity contribution < 1.29 is 14.2 Å². The average molecular weight is 476 g/mol. The Morgan fingerprint density at radius 1 is 1.24 bits per heavy atom. The number of thiocarbonyl (C=S) groups is 1. The molecule has 33 heavy (non-hydrogen) atoms. The molecular formula is C22H33N7O3S. The molecule has 3 rings (SSSR count). The fraction of sp³-hybridized carbons (Fsp3) is 0.500. The summed E-state index contributed by atoms with van der Waals surface area (Å²) in [4.78, 5) is 9.45. The van der Waals surface area contributed by atoms with Crippen molar-refractivity contribution in [2.75, 3.05) is 38.5 Å². The Hall–Kier alpha value is -2.73. The summed E-state index contributed by atoms with van der Waals surface area (Å²) in [7, 11) is 4.86. The topological polar surface area (TPSA) is 121 Å². The molecule has 0 aliphatic heterocycles. The first-order valence-corrected chi connectivity index (χ1v) is 11.3. The van der Waals surface area contributed by atoms with Crippen molar-refractivity contribution in [1.29, 1.82) is 0 Å². The van der Waals surface area contributed by atoms with Crippen molar-refractivity contribution in [3.63, 3.8) is 0 Å². The number of nitrogens with zero attached hydrogens (tertiary/aromatic N) is 3. The van der Waals surface area contributed by atoms with Gasteiger partial charge < -0.3 is 35.9 Å². The third kappa shape index (κ3) is 5.80. The van der Waals surface area contributed by atoms with E-state index in [-0.39, 0.29) is 18.2 Å². The molecule has 0 aromatic carbocycles. The number of hydrogen-bond donors (Lipinski definition) is 4. The van der Waals surface area contributed by atoms with E-state index in [1.54, 1.807) is 21.3 Å². The quantitative estimate of drug-likeness (QED) is 0.381. The summed E-state index contributed by atoms with van der Waals surface area (Å²) < 4.78 is 18.5. The van der Waals surface area contributed by atoms with Gasteiger partial charge in [0.1, 0.15) is 29.3 Å². The molecule has 0 spiro atoms. The monoisotopic (exact) mass is 475 g/mol. The molecule has 0 amide bonds. The van der Waals surface area contributed by atoms with Crippen molar-refractivity contribution in [3.8, 4) is 0 Å². The fourth-order valence-electron chi connectivity index (χ4n) is 3.52. The Labute approximate surface area is 199 Å². The highest BCUT2D eigenvalue weighted by atomic mass is 32.1. The van der Waals surface area contributed by atoms with Crippen LogP contribution in [0.25, 0.3) is 11.2 Å². The van der Waals surface area contributed by atoms with E-state index in [1.165, 1.54) is 0 Å². The molecule has 2 aromatic rings. The third-order valence-electron chi connectivity index (χ3n) is 5.41. The fourth-order valence-corrected chi connectivity index (χ4v) is 3.83. The minimum Gasteiger partial charge on any atom is -0.498 e. The molecule has 3 atom stereocenters. The number of nitrogens with two attached hydrogens (primary N) is 1. The van der Waals surface area contributed by atoms with Crippen molar-refractivity contribution in [3.05, 3.63) is 35.7 Å².